The number of rotatable bonds is 9. The van der Waals surface area contributed by atoms with Gasteiger partial charge in [-0.1, -0.05) is 74.5 Å². The van der Waals surface area contributed by atoms with Crippen LogP contribution < -0.4 is 4.74 Å². The minimum atomic E-state index is -1.27. The van der Waals surface area contributed by atoms with Crippen LogP contribution in [0.25, 0.3) is 0 Å². The van der Waals surface area contributed by atoms with Crippen molar-refractivity contribution in [1.82, 2.24) is 9.97 Å². The normalized spacial score (nSPS) is 12.3. The zero-order valence-corrected chi connectivity index (χ0v) is 18.4. The fourth-order valence-electron chi connectivity index (χ4n) is 3.64. The molecule has 6 heteroatoms. The van der Waals surface area contributed by atoms with Crippen molar-refractivity contribution in [3.8, 4) is 6.01 Å². The molecule has 0 aliphatic heterocycles. The van der Waals surface area contributed by atoms with E-state index in [-0.39, 0.29) is 6.01 Å². The Morgan fingerprint density at radius 2 is 1.35 bits per heavy atom. The highest BCUT2D eigenvalue weighted by Crippen LogP contribution is 2.38. The first kappa shape index (κ1) is 22.4. The van der Waals surface area contributed by atoms with Crippen molar-refractivity contribution in [1.29, 1.82) is 0 Å². The maximum Gasteiger partial charge on any atom is 0.351 e. The lowest BCUT2D eigenvalue weighted by Gasteiger charge is -2.38. The molecule has 0 saturated carbocycles. The zero-order chi connectivity index (χ0) is 22.3. The molecule has 0 N–H and O–H groups in total. The van der Waals surface area contributed by atoms with E-state index in [2.05, 4.69) is 9.97 Å². The summed E-state index contributed by atoms with van der Waals surface area (Å²) >= 11 is 0. The largest absolute Gasteiger partial charge is 0.466 e. The molecule has 6 nitrogen and oxygen atoms in total. The number of hydrogen-bond acceptors (Lipinski definition) is 6. The first-order chi connectivity index (χ1) is 15.1. The van der Waals surface area contributed by atoms with Gasteiger partial charge in [0.25, 0.3) is 0 Å². The summed E-state index contributed by atoms with van der Waals surface area (Å²) in [5, 5.41) is 0. The Kier molecular flexibility index (Phi) is 7.36. The predicted octanol–water partition coefficient (Wildman–Crippen LogP) is 4.11. The minimum Gasteiger partial charge on any atom is -0.466 e. The minimum absolute atomic E-state index is 0.125. The van der Waals surface area contributed by atoms with Gasteiger partial charge in [0, 0.05) is 18.5 Å². The molecule has 1 aromatic heterocycles. The molecule has 2 aromatic carbocycles. The molecule has 1 unspecified atom stereocenters. The van der Waals surface area contributed by atoms with Crippen LogP contribution in [0, 0.1) is 0 Å². The van der Waals surface area contributed by atoms with Gasteiger partial charge < -0.3 is 14.2 Å². The molecule has 3 aromatic rings. The Labute approximate surface area is 183 Å². The maximum atomic E-state index is 13.1. The number of esters is 1. The second-order valence-electron chi connectivity index (χ2n) is 7.03. The van der Waals surface area contributed by atoms with E-state index in [9.17, 15) is 4.79 Å². The molecule has 0 saturated heterocycles. The predicted molar refractivity (Wildman–Crippen MR) is 118 cm³/mol. The van der Waals surface area contributed by atoms with Crippen molar-refractivity contribution in [2.24, 2.45) is 0 Å². The van der Waals surface area contributed by atoms with Crippen LogP contribution in [0.15, 0.2) is 66.7 Å². The van der Waals surface area contributed by atoms with Crippen LogP contribution >= 0.6 is 0 Å². The van der Waals surface area contributed by atoms with Crippen LogP contribution in [0.3, 0.4) is 0 Å². The first-order valence-electron chi connectivity index (χ1n) is 10.4. The number of methoxy groups -OCH3 is 2. The summed E-state index contributed by atoms with van der Waals surface area (Å²) in [4.78, 5) is 22.1. The summed E-state index contributed by atoms with van der Waals surface area (Å²) < 4.78 is 17.4. The molecule has 0 aliphatic rings. The fraction of sp³-hybridized carbons (Fsp3) is 0.320. The van der Waals surface area contributed by atoms with Crippen LogP contribution in [-0.2, 0) is 32.7 Å². The Morgan fingerprint density at radius 3 is 1.74 bits per heavy atom. The third kappa shape index (κ3) is 4.59. The van der Waals surface area contributed by atoms with Gasteiger partial charge in [0.05, 0.1) is 7.11 Å². The summed E-state index contributed by atoms with van der Waals surface area (Å²) in [6.07, 6.45) is 0.271. The van der Waals surface area contributed by atoms with Gasteiger partial charge in [-0.05, 0) is 30.0 Å². The number of hydrogen-bond donors (Lipinski definition) is 0. The summed E-state index contributed by atoms with van der Waals surface area (Å²) in [5.74, 6) is -0.585. The number of aromatic nitrogens is 2. The smallest absolute Gasteiger partial charge is 0.351 e. The molecule has 3 rings (SSSR count). The Bertz CT molecular complexity index is 931. The quantitative estimate of drug-likeness (QED) is 0.485. The van der Waals surface area contributed by atoms with Crippen molar-refractivity contribution in [2.75, 3.05) is 14.2 Å². The summed E-state index contributed by atoms with van der Waals surface area (Å²) in [7, 11) is 2.88. The topological polar surface area (TPSA) is 70.5 Å². The van der Waals surface area contributed by atoms with E-state index in [4.69, 9.17) is 14.2 Å². The molecule has 31 heavy (non-hydrogen) atoms. The standard InChI is InChI=1S/C25H28N2O4/c1-5-20-17-21(6-2)27-24(26-20)31-22(23(28)29-3)25(30-4,18-13-9-7-10-14-18)19-15-11-8-12-16-19/h7-17,22H,5-6H2,1-4H3. The summed E-state index contributed by atoms with van der Waals surface area (Å²) in [6, 6.07) is 21.0. The average molecular weight is 421 g/mol. The van der Waals surface area contributed by atoms with Gasteiger partial charge in [-0.2, -0.15) is 0 Å². The van der Waals surface area contributed by atoms with Crippen LogP contribution in [0.1, 0.15) is 36.4 Å². The summed E-state index contributed by atoms with van der Waals surface area (Å²) in [6.45, 7) is 4.02. The maximum absolute atomic E-state index is 13.1. The lowest BCUT2D eigenvalue weighted by molar-refractivity contribution is -0.164. The average Bonchev–Trinajstić information content (AvgIpc) is 2.84. The van der Waals surface area contributed by atoms with Crippen molar-refractivity contribution in [3.63, 3.8) is 0 Å². The van der Waals surface area contributed by atoms with E-state index < -0.39 is 17.7 Å². The monoisotopic (exact) mass is 420 g/mol. The number of nitrogens with zero attached hydrogens (tertiary/aromatic N) is 2. The third-order valence-electron chi connectivity index (χ3n) is 5.27. The van der Waals surface area contributed by atoms with E-state index in [1.807, 2.05) is 80.6 Å². The fourth-order valence-corrected chi connectivity index (χ4v) is 3.64. The molecule has 0 amide bonds. The van der Waals surface area contributed by atoms with Crippen molar-refractivity contribution in [2.45, 2.75) is 38.4 Å². The highest BCUT2D eigenvalue weighted by atomic mass is 16.6. The Balaban J connectivity index is 2.21. The van der Waals surface area contributed by atoms with E-state index >= 15 is 0 Å². The number of carbonyl (C=O) groups is 1. The molecule has 1 atom stereocenters. The van der Waals surface area contributed by atoms with Gasteiger partial charge in [-0.15, -0.1) is 0 Å². The van der Waals surface area contributed by atoms with E-state index in [0.717, 1.165) is 35.4 Å². The van der Waals surface area contributed by atoms with Crippen molar-refractivity contribution < 1.29 is 19.0 Å². The van der Waals surface area contributed by atoms with Crippen LogP contribution in [0.2, 0.25) is 0 Å². The van der Waals surface area contributed by atoms with Gasteiger partial charge in [0.15, 0.2) is 5.60 Å². The van der Waals surface area contributed by atoms with E-state index in [1.165, 1.54) is 7.11 Å². The van der Waals surface area contributed by atoms with Crippen molar-refractivity contribution in [3.05, 3.63) is 89.2 Å². The molecule has 0 fully saturated rings. The number of benzene rings is 2. The number of carbonyl (C=O) groups excluding carboxylic acids is 1. The molecule has 1 heterocycles. The van der Waals surface area contributed by atoms with Crippen molar-refractivity contribution >= 4 is 5.97 Å². The van der Waals surface area contributed by atoms with Crippen LogP contribution in [0.5, 0.6) is 6.01 Å². The van der Waals surface area contributed by atoms with Gasteiger partial charge in [-0.3, -0.25) is 0 Å². The second-order valence-corrected chi connectivity index (χ2v) is 7.03. The van der Waals surface area contributed by atoms with Crippen LogP contribution in [-0.4, -0.2) is 36.3 Å². The van der Waals surface area contributed by atoms with Gasteiger partial charge in [-0.25, -0.2) is 14.8 Å². The Hall–Kier alpha value is -3.25. The molecular weight excluding hydrogens is 392 g/mol. The summed E-state index contributed by atoms with van der Waals surface area (Å²) in [5.41, 5.74) is 1.91. The lowest BCUT2D eigenvalue weighted by Crippen LogP contribution is -2.51. The van der Waals surface area contributed by atoms with Gasteiger partial charge in [0.2, 0.25) is 6.10 Å². The lowest BCUT2D eigenvalue weighted by atomic mass is 9.81. The molecule has 0 radical (unpaired) electrons. The number of aryl methyl sites for hydroxylation is 2. The SMILES string of the molecule is CCc1cc(CC)nc(OC(C(=O)OC)C(OC)(c2ccccc2)c2ccccc2)n1. The number of ether oxygens (including phenoxy) is 3. The zero-order valence-electron chi connectivity index (χ0n) is 18.4. The molecular formula is C25H28N2O4. The Morgan fingerprint density at radius 1 is 0.871 bits per heavy atom. The molecule has 0 spiro atoms. The highest BCUT2D eigenvalue weighted by Gasteiger charge is 2.50. The first-order valence-corrected chi connectivity index (χ1v) is 10.4. The third-order valence-corrected chi connectivity index (χ3v) is 5.27. The van der Waals surface area contributed by atoms with E-state index in [0.29, 0.717) is 0 Å². The highest BCUT2D eigenvalue weighted by molar-refractivity contribution is 5.78. The second kappa shape index (κ2) is 10.2. The van der Waals surface area contributed by atoms with Gasteiger partial charge >= 0.3 is 12.0 Å². The van der Waals surface area contributed by atoms with Crippen LogP contribution in [0.4, 0.5) is 0 Å². The van der Waals surface area contributed by atoms with E-state index in [1.54, 1.807) is 7.11 Å². The molecule has 162 valence electrons. The molecule has 0 aliphatic carbocycles. The van der Waals surface area contributed by atoms with Gasteiger partial charge in [0.1, 0.15) is 0 Å². The molecule has 0 bridgehead atoms.